The van der Waals surface area contributed by atoms with E-state index in [2.05, 4.69) is 11.4 Å². The molecule has 3 rings (SSSR count). The number of methoxy groups -OCH3 is 1. The van der Waals surface area contributed by atoms with Crippen LogP contribution < -0.4 is 10.1 Å². The van der Waals surface area contributed by atoms with Crippen molar-refractivity contribution < 1.29 is 13.9 Å². The smallest absolute Gasteiger partial charge is 0.176 e. The van der Waals surface area contributed by atoms with Crippen LogP contribution in [0, 0.1) is 6.92 Å². The van der Waals surface area contributed by atoms with Crippen molar-refractivity contribution in [3.63, 3.8) is 0 Å². The molecule has 1 unspecified atom stereocenters. The lowest BCUT2D eigenvalue weighted by Gasteiger charge is -2.24. The second kappa shape index (κ2) is 4.63. The van der Waals surface area contributed by atoms with Gasteiger partial charge in [0, 0.05) is 18.5 Å². The molecule has 4 nitrogen and oxygen atoms in total. The van der Waals surface area contributed by atoms with Gasteiger partial charge in [-0.1, -0.05) is 6.07 Å². The number of aryl methyl sites for hydroxylation is 1. The Bertz CT molecular complexity index is 555. The highest BCUT2D eigenvalue weighted by Gasteiger charge is 2.21. The lowest BCUT2D eigenvalue weighted by Crippen LogP contribution is -2.33. The Morgan fingerprint density at radius 2 is 2.28 bits per heavy atom. The fourth-order valence-electron chi connectivity index (χ4n) is 2.45. The van der Waals surface area contributed by atoms with E-state index in [1.165, 1.54) is 0 Å². The number of furan rings is 1. The van der Waals surface area contributed by atoms with E-state index in [-0.39, 0.29) is 6.10 Å². The van der Waals surface area contributed by atoms with Crippen LogP contribution >= 0.6 is 0 Å². The minimum atomic E-state index is 0.0872. The van der Waals surface area contributed by atoms with Crippen molar-refractivity contribution in [2.45, 2.75) is 13.0 Å². The number of hydrogen-bond donors (Lipinski definition) is 1. The first-order chi connectivity index (χ1) is 8.79. The first-order valence-corrected chi connectivity index (χ1v) is 6.19. The van der Waals surface area contributed by atoms with Gasteiger partial charge in [0.2, 0.25) is 0 Å². The second-order valence-corrected chi connectivity index (χ2v) is 4.52. The Kier molecular flexibility index (Phi) is 2.97. The van der Waals surface area contributed by atoms with E-state index >= 15 is 0 Å². The molecule has 1 atom stereocenters. The van der Waals surface area contributed by atoms with E-state index in [4.69, 9.17) is 13.9 Å². The summed E-state index contributed by atoms with van der Waals surface area (Å²) in [6, 6.07) is 6.05. The summed E-state index contributed by atoms with van der Waals surface area (Å²) >= 11 is 0. The highest BCUT2D eigenvalue weighted by Crippen LogP contribution is 2.35. The van der Waals surface area contributed by atoms with Crippen LogP contribution in [0.25, 0.3) is 11.0 Å². The van der Waals surface area contributed by atoms with E-state index in [0.29, 0.717) is 0 Å². The second-order valence-electron chi connectivity index (χ2n) is 4.52. The summed E-state index contributed by atoms with van der Waals surface area (Å²) < 4.78 is 16.9. The number of benzene rings is 1. The maximum absolute atomic E-state index is 5.81. The molecule has 2 heterocycles. The third-order valence-corrected chi connectivity index (χ3v) is 3.30. The molecule has 0 saturated carbocycles. The Labute approximate surface area is 106 Å². The van der Waals surface area contributed by atoms with Crippen LogP contribution in [0.1, 0.15) is 17.4 Å². The van der Waals surface area contributed by atoms with Gasteiger partial charge in [-0.2, -0.15) is 0 Å². The van der Waals surface area contributed by atoms with Gasteiger partial charge in [-0.15, -0.1) is 0 Å². The molecular weight excluding hydrogens is 230 g/mol. The summed E-state index contributed by atoms with van der Waals surface area (Å²) in [5.41, 5.74) is 1.97. The van der Waals surface area contributed by atoms with Crippen molar-refractivity contribution in [3.8, 4) is 5.75 Å². The van der Waals surface area contributed by atoms with Crippen molar-refractivity contribution >= 4 is 11.0 Å². The van der Waals surface area contributed by atoms with Gasteiger partial charge in [-0.3, -0.25) is 0 Å². The summed E-state index contributed by atoms with van der Waals surface area (Å²) in [6.07, 6.45) is 0.0872. The average Bonchev–Trinajstić information content (AvgIpc) is 2.80. The molecule has 1 aromatic carbocycles. The van der Waals surface area contributed by atoms with E-state index < -0.39 is 0 Å². The van der Waals surface area contributed by atoms with Crippen LogP contribution in [0.2, 0.25) is 0 Å². The average molecular weight is 247 g/mol. The van der Waals surface area contributed by atoms with Gasteiger partial charge in [0.05, 0.1) is 19.8 Å². The minimum absolute atomic E-state index is 0.0872. The molecule has 0 aliphatic carbocycles. The first-order valence-electron chi connectivity index (χ1n) is 6.19. The zero-order valence-electron chi connectivity index (χ0n) is 10.7. The van der Waals surface area contributed by atoms with Gasteiger partial charge in [0.15, 0.2) is 11.3 Å². The molecule has 1 aliphatic rings. The maximum atomic E-state index is 5.81. The third-order valence-electron chi connectivity index (χ3n) is 3.30. The lowest BCUT2D eigenvalue weighted by atomic mass is 10.0. The Morgan fingerprint density at radius 1 is 1.39 bits per heavy atom. The van der Waals surface area contributed by atoms with Crippen LogP contribution in [0.4, 0.5) is 0 Å². The number of morpholine rings is 1. The maximum Gasteiger partial charge on any atom is 0.176 e. The molecule has 96 valence electrons. The van der Waals surface area contributed by atoms with E-state index in [0.717, 1.165) is 47.7 Å². The number of fused-ring (bicyclic) bond motifs is 1. The zero-order chi connectivity index (χ0) is 12.5. The Morgan fingerprint density at radius 3 is 3.00 bits per heavy atom. The zero-order valence-corrected chi connectivity index (χ0v) is 10.7. The van der Waals surface area contributed by atoms with Crippen LogP contribution in [0.15, 0.2) is 22.6 Å². The molecule has 1 aromatic heterocycles. The molecule has 1 saturated heterocycles. The molecule has 0 spiro atoms. The number of nitrogens with one attached hydrogen (secondary N) is 1. The molecular formula is C14H17NO3. The summed E-state index contributed by atoms with van der Waals surface area (Å²) in [6.45, 7) is 4.45. The predicted molar refractivity (Wildman–Crippen MR) is 69.1 cm³/mol. The van der Waals surface area contributed by atoms with Crippen molar-refractivity contribution in [1.82, 2.24) is 5.32 Å². The quantitative estimate of drug-likeness (QED) is 0.885. The lowest BCUT2D eigenvalue weighted by molar-refractivity contribution is 0.0286. The molecule has 0 radical (unpaired) electrons. The summed E-state index contributed by atoms with van der Waals surface area (Å²) in [4.78, 5) is 0. The predicted octanol–water partition coefficient (Wildman–Crippen LogP) is 2.41. The van der Waals surface area contributed by atoms with E-state index in [1.54, 1.807) is 7.11 Å². The van der Waals surface area contributed by atoms with Gasteiger partial charge in [0.25, 0.3) is 0 Å². The van der Waals surface area contributed by atoms with E-state index in [1.807, 2.05) is 19.1 Å². The highest BCUT2D eigenvalue weighted by atomic mass is 16.5. The van der Waals surface area contributed by atoms with Gasteiger partial charge < -0.3 is 19.2 Å². The van der Waals surface area contributed by atoms with Crippen molar-refractivity contribution in [2.24, 2.45) is 0 Å². The molecule has 2 aromatic rings. The number of hydrogen-bond acceptors (Lipinski definition) is 4. The molecule has 1 fully saturated rings. The molecule has 4 heteroatoms. The van der Waals surface area contributed by atoms with Gasteiger partial charge in [-0.05, 0) is 24.6 Å². The van der Waals surface area contributed by atoms with E-state index in [9.17, 15) is 0 Å². The topological polar surface area (TPSA) is 43.6 Å². The summed E-state index contributed by atoms with van der Waals surface area (Å²) in [7, 11) is 1.66. The monoisotopic (exact) mass is 247 g/mol. The Balaban J connectivity index is 2.11. The van der Waals surface area contributed by atoms with Gasteiger partial charge >= 0.3 is 0 Å². The summed E-state index contributed by atoms with van der Waals surface area (Å²) in [5.74, 6) is 1.66. The first kappa shape index (κ1) is 11.6. The highest BCUT2D eigenvalue weighted by molar-refractivity contribution is 5.87. The molecule has 1 N–H and O–H groups in total. The summed E-state index contributed by atoms with van der Waals surface area (Å²) in [5, 5.41) is 4.43. The number of ether oxygens (including phenoxy) is 2. The van der Waals surface area contributed by atoms with Crippen LogP contribution in [0.5, 0.6) is 5.75 Å². The van der Waals surface area contributed by atoms with Crippen molar-refractivity contribution in [2.75, 3.05) is 26.8 Å². The van der Waals surface area contributed by atoms with Crippen LogP contribution in [-0.2, 0) is 4.74 Å². The fraction of sp³-hybridized carbons (Fsp3) is 0.429. The van der Waals surface area contributed by atoms with Crippen molar-refractivity contribution in [1.29, 1.82) is 0 Å². The molecule has 1 aliphatic heterocycles. The standard InChI is InChI=1S/C14H17NO3/c1-9-7-11-10(13-8-15-5-6-17-13)3-4-12(16-2)14(11)18-9/h3-4,7,13,15H,5-6,8H2,1-2H3. The molecule has 0 bridgehead atoms. The molecule has 18 heavy (non-hydrogen) atoms. The van der Waals surface area contributed by atoms with Crippen LogP contribution in [-0.4, -0.2) is 26.8 Å². The molecule has 0 amide bonds. The van der Waals surface area contributed by atoms with Crippen molar-refractivity contribution in [3.05, 3.63) is 29.5 Å². The normalized spacial score (nSPS) is 20.2. The van der Waals surface area contributed by atoms with Crippen LogP contribution in [0.3, 0.4) is 0 Å². The number of rotatable bonds is 2. The minimum Gasteiger partial charge on any atom is -0.493 e. The van der Waals surface area contributed by atoms with Gasteiger partial charge in [-0.25, -0.2) is 0 Å². The fourth-order valence-corrected chi connectivity index (χ4v) is 2.45. The third kappa shape index (κ3) is 1.87. The Hall–Kier alpha value is -1.52. The SMILES string of the molecule is COc1ccc(C2CNCCO2)c2cc(C)oc12. The largest absolute Gasteiger partial charge is 0.493 e. The van der Waals surface area contributed by atoms with Gasteiger partial charge in [0.1, 0.15) is 5.76 Å².